The molecule has 0 aliphatic carbocycles. The summed E-state index contributed by atoms with van der Waals surface area (Å²) in [6, 6.07) is 4.59. The molecule has 0 heterocycles. The van der Waals surface area contributed by atoms with Gasteiger partial charge in [-0.25, -0.2) is 4.39 Å². The van der Waals surface area contributed by atoms with Gasteiger partial charge in [-0.05, 0) is 30.4 Å². The molecule has 0 aliphatic rings. The quantitative estimate of drug-likeness (QED) is 0.869. The van der Waals surface area contributed by atoms with Crippen LogP contribution < -0.4 is 4.74 Å². The molecule has 1 unspecified atom stereocenters. The van der Waals surface area contributed by atoms with Crippen molar-refractivity contribution in [2.75, 3.05) is 7.11 Å². The summed E-state index contributed by atoms with van der Waals surface area (Å²) in [4.78, 5) is 0. The Morgan fingerprint density at radius 1 is 1.35 bits per heavy atom. The topological polar surface area (TPSA) is 29.5 Å². The van der Waals surface area contributed by atoms with Crippen molar-refractivity contribution >= 4 is 0 Å². The third-order valence-corrected chi connectivity index (χ3v) is 2.73. The maximum Gasteiger partial charge on any atom is 0.132 e. The lowest BCUT2D eigenvalue weighted by Gasteiger charge is -2.21. The number of rotatable bonds is 4. The molecule has 0 radical (unpaired) electrons. The third-order valence-electron chi connectivity index (χ3n) is 2.73. The van der Waals surface area contributed by atoms with Gasteiger partial charge in [-0.15, -0.1) is 0 Å². The number of aliphatic hydroxyl groups excluding tert-OH is 1. The summed E-state index contributed by atoms with van der Waals surface area (Å²) < 4.78 is 18.7. The van der Waals surface area contributed by atoms with Crippen LogP contribution >= 0.6 is 0 Å². The molecule has 1 aromatic carbocycles. The van der Waals surface area contributed by atoms with Crippen LogP contribution in [-0.2, 0) is 0 Å². The molecule has 3 heteroatoms. The summed E-state index contributed by atoms with van der Waals surface area (Å²) in [6.07, 6.45) is 0.539. The number of benzene rings is 1. The largest absolute Gasteiger partial charge is 0.496 e. The molecule has 0 bridgehead atoms. The Balaban J connectivity index is 2.84. The van der Waals surface area contributed by atoms with Gasteiger partial charge in [0.1, 0.15) is 11.6 Å². The van der Waals surface area contributed by atoms with Crippen LogP contribution in [0, 0.1) is 11.2 Å². The van der Waals surface area contributed by atoms with Gasteiger partial charge in [0, 0.05) is 0 Å². The Labute approximate surface area is 102 Å². The second-order valence-corrected chi connectivity index (χ2v) is 5.47. The molecule has 1 aromatic rings. The molecular formula is C14H21FO2. The van der Waals surface area contributed by atoms with Crippen LogP contribution in [0.15, 0.2) is 18.2 Å². The van der Waals surface area contributed by atoms with Crippen molar-refractivity contribution in [3.05, 3.63) is 29.6 Å². The zero-order chi connectivity index (χ0) is 13.1. The Morgan fingerprint density at radius 3 is 2.53 bits per heavy atom. The maximum atomic E-state index is 13.7. The minimum absolute atomic E-state index is 0.124. The van der Waals surface area contributed by atoms with Gasteiger partial charge in [-0.2, -0.15) is 0 Å². The van der Waals surface area contributed by atoms with Gasteiger partial charge < -0.3 is 9.84 Å². The van der Waals surface area contributed by atoms with Crippen molar-refractivity contribution in [1.29, 1.82) is 0 Å². The maximum absolute atomic E-state index is 13.7. The van der Waals surface area contributed by atoms with E-state index in [4.69, 9.17) is 4.74 Å². The van der Waals surface area contributed by atoms with Crippen LogP contribution in [0.5, 0.6) is 5.75 Å². The molecule has 0 fully saturated rings. The van der Waals surface area contributed by atoms with Gasteiger partial charge in [-0.3, -0.25) is 0 Å². The minimum atomic E-state index is -0.814. The van der Waals surface area contributed by atoms with Crippen LogP contribution in [0.3, 0.4) is 0 Å². The predicted octanol–water partition coefficient (Wildman–Crippen LogP) is 3.69. The van der Waals surface area contributed by atoms with Crippen LogP contribution in [0.2, 0.25) is 0 Å². The first-order chi connectivity index (χ1) is 7.85. The lowest BCUT2D eigenvalue weighted by atomic mass is 9.88. The van der Waals surface area contributed by atoms with E-state index in [1.54, 1.807) is 12.1 Å². The Hall–Kier alpha value is -1.09. The lowest BCUT2D eigenvalue weighted by Crippen LogP contribution is -2.10. The highest BCUT2D eigenvalue weighted by Gasteiger charge is 2.20. The fourth-order valence-corrected chi connectivity index (χ4v) is 1.73. The van der Waals surface area contributed by atoms with Crippen LogP contribution in [0.1, 0.15) is 45.3 Å². The number of hydrogen-bond acceptors (Lipinski definition) is 2. The summed E-state index contributed by atoms with van der Waals surface area (Å²) in [5.74, 6) is -0.00262. The van der Waals surface area contributed by atoms with Gasteiger partial charge >= 0.3 is 0 Å². The molecule has 0 aromatic heterocycles. The fourth-order valence-electron chi connectivity index (χ4n) is 1.73. The van der Waals surface area contributed by atoms with E-state index in [-0.39, 0.29) is 11.0 Å². The highest BCUT2D eigenvalue weighted by atomic mass is 19.1. The number of halogens is 1. The molecule has 0 amide bonds. The Bertz CT molecular complexity index is 369. The standard InChI is InChI=1S/C14H21FO2/c1-14(2,3)9-8-11(16)13-10(15)6-5-7-12(13)17-4/h5-7,11,16H,8-9H2,1-4H3. The first-order valence-corrected chi connectivity index (χ1v) is 5.85. The fraction of sp³-hybridized carbons (Fsp3) is 0.571. The van der Waals surface area contributed by atoms with Crippen LogP contribution in [0.25, 0.3) is 0 Å². The van der Waals surface area contributed by atoms with Crippen molar-refractivity contribution < 1.29 is 14.2 Å². The number of hydrogen-bond donors (Lipinski definition) is 1. The summed E-state index contributed by atoms with van der Waals surface area (Å²) in [6.45, 7) is 6.29. The Morgan fingerprint density at radius 2 is 2.00 bits per heavy atom. The monoisotopic (exact) mass is 240 g/mol. The SMILES string of the molecule is COc1cccc(F)c1C(O)CCC(C)(C)C. The minimum Gasteiger partial charge on any atom is -0.496 e. The first kappa shape index (κ1) is 14.0. The van der Waals surface area contributed by atoms with E-state index in [0.717, 1.165) is 6.42 Å². The second kappa shape index (κ2) is 5.50. The van der Waals surface area contributed by atoms with E-state index in [1.807, 2.05) is 0 Å². The van der Waals surface area contributed by atoms with Crippen LogP contribution in [0.4, 0.5) is 4.39 Å². The average Bonchev–Trinajstić information content (AvgIpc) is 2.24. The van der Waals surface area contributed by atoms with Gasteiger partial charge in [-0.1, -0.05) is 26.8 Å². The van der Waals surface area contributed by atoms with E-state index >= 15 is 0 Å². The molecule has 0 aliphatic heterocycles. The van der Waals surface area contributed by atoms with Crippen molar-refractivity contribution in [3.63, 3.8) is 0 Å². The number of aliphatic hydroxyl groups is 1. The average molecular weight is 240 g/mol. The molecular weight excluding hydrogens is 219 g/mol. The van der Waals surface area contributed by atoms with E-state index in [1.165, 1.54) is 13.2 Å². The summed E-state index contributed by atoms with van der Waals surface area (Å²) in [5, 5.41) is 10.1. The third kappa shape index (κ3) is 4.00. The van der Waals surface area contributed by atoms with Gasteiger partial charge in [0.05, 0.1) is 18.8 Å². The molecule has 1 rings (SSSR count). The molecule has 1 N–H and O–H groups in total. The number of methoxy groups -OCH3 is 1. The number of ether oxygens (including phenoxy) is 1. The molecule has 0 saturated carbocycles. The normalized spacial score (nSPS) is 13.5. The zero-order valence-corrected chi connectivity index (χ0v) is 11.0. The smallest absolute Gasteiger partial charge is 0.132 e. The Kier molecular flexibility index (Phi) is 4.52. The molecule has 17 heavy (non-hydrogen) atoms. The van der Waals surface area contributed by atoms with Crippen LogP contribution in [-0.4, -0.2) is 12.2 Å². The molecule has 0 saturated heterocycles. The van der Waals surface area contributed by atoms with Crippen molar-refractivity contribution in [2.45, 2.75) is 39.7 Å². The van der Waals surface area contributed by atoms with Gasteiger partial charge in [0.2, 0.25) is 0 Å². The second-order valence-electron chi connectivity index (χ2n) is 5.47. The van der Waals surface area contributed by atoms with E-state index in [2.05, 4.69) is 20.8 Å². The lowest BCUT2D eigenvalue weighted by molar-refractivity contribution is 0.140. The van der Waals surface area contributed by atoms with E-state index in [0.29, 0.717) is 12.2 Å². The van der Waals surface area contributed by atoms with E-state index < -0.39 is 11.9 Å². The van der Waals surface area contributed by atoms with Crippen molar-refractivity contribution in [3.8, 4) is 5.75 Å². The van der Waals surface area contributed by atoms with Gasteiger partial charge in [0.25, 0.3) is 0 Å². The summed E-state index contributed by atoms with van der Waals surface area (Å²) >= 11 is 0. The first-order valence-electron chi connectivity index (χ1n) is 5.85. The molecule has 2 nitrogen and oxygen atoms in total. The highest BCUT2D eigenvalue weighted by Crippen LogP contribution is 2.33. The predicted molar refractivity (Wildman–Crippen MR) is 66.6 cm³/mol. The van der Waals surface area contributed by atoms with Crippen molar-refractivity contribution in [1.82, 2.24) is 0 Å². The zero-order valence-electron chi connectivity index (χ0n) is 11.0. The summed E-state index contributed by atoms with van der Waals surface area (Å²) in [7, 11) is 1.48. The summed E-state index contributed by atoms with van der Waals surface area (Å²) in [5.41, 5.74) is 0.388. The highest BCUT2D eigenvalue weighted by molar-refractivity contribution is 5.36. The molecule has 0 spiro atoms. The van der Waals surface area contributed by atoms with Gasteiger partial charge in [0.15, 0.2) is 0 Å². The molecule has 96 valence electrons. The van der Waals surface area contributed by atoms with E-state index in [9.17, 15) is 9.50 Å². The molecule has 1 atom stereocenters. The van der Waals surface area contributed by atoms with Crippen molar-refractivity contribution in [2.24, 2.45) is 5.41 Å².